The third kappa shape index (κ3) is 2.01. The average Bonchev–Trinajstić information content (AvgIpc) is 2.13. The zero-order valence-corrected chi connectivity index (χ0v) is 6.68. The van der Waals surface area contributed by atoms with Gasteiger partial charge in [0.05, 0.1) is 0 Å². The molecule has 0 spiro atoms. The van der Waals surface area contributed by atoms with Crippen LogP contribution in [0.5, 0.6) is 0 Å². The molecule has 1 rings (SSSR count). The molecule has 1 amide bonds. The van der Waals surface area contributed by atoms with Crippen molar-refractivity contribution < 1.29 is 4.79 Å². The summed E-state index contributed by atoms with van der Waals surface area (Å²) in [7, 11) is 0. The highest BCUT2D eigenvalue weighted by atomic mass is 16.1. The highest BCUT2D eigenvalue weighted by molar-refractivity contribution is 5.73. The molecule has 1 saturated carbocycles. The van der Waals surface area contributed by atoms with Gasteiger partial charge in [-0.2, -0.15) is 0 Å². The quantitative estimate of drug-likeness (QED) is 0.586. The van der Waals surface area contributed by atoms with Gasteiger partial charge in [-0.25, -0.2) is 0 Å². The molecule has 1 N–H and O–H groups in total. The lowest BCUT2D eigenvalue weighted by molar-refractivity contribution is -0.119. The van der Waals surface area contributed by atoms with Crippen molar-refractivity contribution in [2.45, 2.75) is 39.2 Å². The van der Waals surface area contributed by atoms with Crippen LogP contribution in [-0.2, 0) is 4.79 Å². The van der Waals surface area contributed by atoms with Crippen molar-refractivity contribution in [1.82, 2.24) is 5.32 Å². The van der Waals surface area contributed by atoms with Gasteiger partial charge in [0.2, 0.25) is 5.91 Å². The maximum Gasteiger partial charge on any atom is 0.217 e. The Bertz CT molecular complexity index is 133. The molecule has 0 aliphatic heterocycles. The van der Waals surface area contributed by atoms with Crippen molar-refractivity contribution in [2.75, 3.05) is 0 Å². The van der Waals surface area contributed by atoms with Crippen LogP contribution in [-0.4, -0.2) is 11.9 Å². The van der Waals surface area contributed by atoms with Crippen LogP contribution >= 0.6 is 0 Å². The number of amides is 1. The monoisotopic (exact) mass is 141 g/mol. The van der Waals surface area contributed by atoms with Crippen LogP contribution < -0.4 is 5.32 Å². The topological polar surface area (TPSA) is 29.1 Å². The number of carbonyl (C=O) groups excluding carboxylic acids is 1. The summed E-state index contributed by atoms with van der Waals surface area (Å²) in [6.07, 6.45) is 3.60. The fourth-order valence-corrected chi connectivity index (χ4v) is 1.63. The van der Waals surface area contributed by atoms with E-state index in [1.807, 2.05) is 0 Å². The second-order valence-corrected chi connectivity index (χ2v) is 3.32. The van der Waals surface area contributed by atoms with Crippen LogP contribution in [0.15, 0.2) is 0 Å². The number of hydrogen-bond acceptors (Lipinski definition) is 1. The number of nitrogens with one attached hydrogen (secondary N) is 1. The Balaban J connectivity index is 2.24. The Kier molecular flexibility index (Phi) is 2.30. The number of hydrogen-bond donors (Lipinski definition) is 1. The minimum Gasteiger partial charge on any atom is -0.354 e. The number of rotatable bonds is 1. The van der Waals surface area contributed by atoms with E-state index in [0.29, 0.717) is 6.04 Å². The molecule has 0 heterocycles. The summed E-state index contributed by atoms with van der Waals surface area (Å²) in [5.41, 5.74) is 0. The standard InChI is InChI=1S/C8H15NO/c1-6-3-4-8(5-6)9-7(2)10/h6,8H,3-5H2,1-2H3,(H,9,10). The third-order valence-corrected chi connectivity index (χ3v) is 2.10. The Morgan fingerprint density at radius 3 is 2.60 bits per heavy atom. The SMILES string of the molecule is CC(=O)NC1CCC(C)C1. The Hall–Kier alpha value is -0.530. The van der Waals surface area contributed by atoms with Gasteiger partial charge in [0.25, 0.3) is 0 Å². The smallest absolute Gasteiger partial charge is 0.217 e. The summed E-state index contributed by atoms with van der Waals surface area (Å²) < 4.78 is 0. The molecule has 0 saturated heterocycles. The first-order valence-electron chi connectivity index (χ1n) is 3.95. The molecule has 0 aromatic rings. The van der Waals surface area contributed by atoms with Gasteiger partial charge in [0.1, 0.15) is 0 Å². The molecule has 58 valence electrons. The zero-order chi connectivity index (χ0) is 7.56. The van der Waals surface area contributed by atoms with Crippen LogP contribution in [0.3, 0.4) is 0 Å². The molecular weight excluding hydrogens is 126 g/mol. The first kappa shape index (κ1) is 7.58. The summed E-state index contributed by atoms with van der Waals surface area (Å²) in [5.74, 6) is 0.913. The first-order chi connectivity index (χ1) is 4.68. The zero-order valence-electron chi connectivity index (χ0n) is 6.68. The minimum absolute atomic E-state index is 0.110. The summed E-state index contributed by atoms with van der Waals surface area (Å²) in [6, 6.07) is 0.465. The summed E-state index contributed by atoms with van der Waals surface area (Å²) in [5, 5.41) is 2.93. The number of carbonyl (C=O) groups is 1. The normalized spacial score (nSPS) is 32.2. The van der Waals surface area contributed by atoms with Crippen LogP contribution in [0.4, 0.5) is 0 Å². The predicted molar refractivity (Wildman–Crippen MR) is 40.6 cm³/mol. The second kappa shape index (κ2) is 3.04. The van der Waals surface area contributed by atoms with Crippen molar-refractivity contribution in [3.8, 4) is 0 Å². The summed E-state index contributed by atoms with van der Waals surface area (Å²) in [4.78, 5) is 10.6. The lowest BCUT2D eigenvalue weighted by Gasteiger charge is -2.09. The van der Waals surface area contributed by atoms with Gasteiger partial charge in [-0.3, -0.25) is 4.79 Å². The highest BCUT2D eigenvalue weighted by Gasteiger charge is 2.21. The lowest BCUT2D eigenvalue weighted by atomic mass is 10.1. The Labute approximate surface area is 62.0 Å². The Morgan fingerprint density at radius 1 is 1.50 bits per heavy atom. The van der Waals surface area contributed by atoms with Crippen LogP contribution in [0.25, 0.3) is 0 Å². The van der Waals surface area contributed by atoms with E-state index >= 15 is 0 Å². The molecule has 0 bridgehead atoms. The molecule has 2 nitrogen and oxygen atoms in total. The van der Waals surface area contributed by atoms with E-state index < -0.39 is 0 Å². The third-order valence-electron chi connectivity index (χ3n) is 2.10. The van der Waals surface area contributed by atoms with Gasteiger partial charge in [-0.1, -0.05) is 6.92 Å². The maximum absolute atomic E-state index is 10.6. The fourth-order valence-electron chi connectivity index (χ4n) is 1.63. The van der Waals surface area contributed by atoms with Gasteiger partial charge in [-0.15, -0.1) is 0 Å². The van der Waals surface area contributed by atoms with Gasteiger partial charge >= 0.3 is 0 Å². The summed E-state index contributed by atoms with van der Waals surface area (Å²) >= 11 is 0. The molecule has 2 atom stereocenters. The van der Waals surface area contributed by atoms with Crippen molar-refractivity contribution in [2.24, 2.45) is 5.92 Å². The summed E-state index contributed by atoms with van der Waals surface area (Å²) in [6.45, 7) is 3.82. The van der Waals surface area contributed by atoms with E-state index in [4.69, 9.17) is 0 Å². The van der Waals surface area contributed by atoms with Gasteiger partial charge in [0, 0.05) is 13.0 Å². The van der Waals surface area contributed by atoms with Crippen molar-refractivity contribution in [3.05, 3.63) is 0 Å². The largest absolute Gasteiger partial charge is 0.354 e. The molecule has 0 aromatic heterocycles. The molecule has 0 radical (unpaired) electrons. The van der Waals surface area contributed by atoms with Crippen molar-refractivity contribution in [3.63, 3.8) is 0 Å². The fraction of sp³-hybridized carbons (Fsp3) is 0.875. The van der Waals surface area contributed by atoms with E-state index in [9.17, 15) is 4.79 Å². The van der Waals surface area contributed by atoms with Gasteiger partial charge < -0.3 is 5.32 Å². The van der Waals surface area contributed by atoms with E-state index in [1.165, 1.54) is 19.3 Å². The molecule has 1 aliphatic rings. The lowest BCUT2D eigenvalue weighted by Crippen LogP contribution is -2.30. The van der Waals surface area contributed by atoms with Crippen LogP contribution in [0.1, 0.15) is 33.1 Å². The van der Waals surface area contributed by atoms with E-state index in [1.54, 1.807) is 6.92 Å². The van der Waals surface area contributed by atoms with Gasteiger partial charge in [0.15, 0.2) is 0 Å². The molecule has 2 unspecified atom stereocenters. The van der Waals surface area contributed by atoms with Crippen molar-refractivity contribution in [1.29, 1.82) is 0 Å². The van der Waals surface area contributed by atoms with Gasteiger partial charge in [-0.05, 0) is 25.2 Å². The first-order valence-corrected chi connectivity index (χ1v) is 3.95. The highest BCUT2D eigenvalue weighted by Crippen LogP contribution is 2.24. The molecule has 10 heavy (non-hydrogen) atoms. The molecular formula is C8H15NO. The minimum atomic E-state index is 0.110. The Morgan fingerprint density at radius 2 is 2.20 bits per heavy atom. The van der Waals surface area contributed by atoms with E-state index in [2.05, 4.69) is 12.2 Å². The van der Waals surface area contributed by atoms with E-state index in [-0.39, 0.29) is 5.91 Å². The average molecular weight is 141 g/mol. The van der Waals surface area contributed by atoms with Crippen LogP contribution in [0, 0.1) is 5.92 Å². The van der Waals surface area contributed by atoms with Crippen molar-refractivity contribution >= 4 is 5.91 Å². The van der Waals surface area contributed by atoms with Crippen LogP contribution in [0.2, 0.25) is 0 Å². The molecule has 1 fully saturated rings. The second-order valence-electron chi connectivity index (χ2n) is 3.32. The van der Waals surface area contributed by atoms with E-state index in [0.717, 1.165) is 5.92 Å². The maximum atomic E-state index is 10.6. The molecule has 0 aromatic carbocycles. The predicted octanol–water partition coefficient (Wildman–Crippen LogP) is 1.31. The molecule has 2 heteroatoms. The molecule has 1 aliphatic carbocycles.